The summed E-state index contributed by atoms with van der Waals surface area (Å²) in [6.45, 7) is 3.86. The van der Waals surface area contributed by atoms with Crippen molar-refractivity contribution in [3.05, 3.63) is 60.2 Å². The molecule has 0 bridgehead atoms. The lowest BCUT2D eigenvalue weighted by Crippen LogP contribution is -2.06. The Balaban J connectivity index is 2.20. The van der Waals surface area contributed by atoms with Crippen LogP contribution in [-0.2, 0) is 0 Å². The van der Waals surface area contributed by atoms with E-state index in [1.807, 2.05) is 56.3 Å². The van der Waals surface area contributed by atoms with Gasteiger partial charge in [-0.3, -0.25) is 4.79 Å². The molecule has 0 amide bonds. The topological polar surface area (TPSA) is 17.1 Å². The van der Waals surface area contributed by atoms with E-state index in [0.717, 1.165) is 10.5 Å². The van der Waals surface area contributed by atoms with Crippen molar-refractivity contribution in [1.29, 1.82) is 0 Å². The first kappa shape index (κ1) is 12.9. The van der Waals surface area contributed by atoms with Gasteiger partial charge in [-0.15, -0.1) is 0 Å². The van der Waals surface area contributed by atoms with Gasteiger partial charge < -0.3 is 0 Å². The molecule has 2 rings (SSSR count). The first-order chi connectivity index (χ1) is 8.66. The summed E-state index contributed by atoms with van der Waals surface area (Å²) < 4.78 is 0. The van der Waals surface area contributed by atoms with E-state index in [0.29, 0.717) is 0 Å². The number of Topliss-reactive ketones (excluding diaryl/α,β-unsaturated/α-hetero) is 1. The SMILES string of the molecule is CC(C)C(=O)c1cccc(Sc2ccccc2)c1. The van der Waals surface area contributed by atoms with E-state index < -0.39 is 0 Å². The summed E-state index contributed by atoms with van der Waals surface area (Å²) in [6, 6.07) is 18.0. The number of benzene rings is 2. The number of hydrogen-bond donors (Lipinski definition) is 0. The van der Waals surface area contributed by atoms with Crippen LogP contribution in [0, 0.1) is 5.92 Å². The predicted molar refractivity (Wildman–Crippen MR) is 76.2 cm³/mol. The molecule has 0 spiro atoms. The Morgan fingerprint density at radius 1 is 0.944 bits per heavy atom. The average molecular weight is 256 g/mol. The third-order valence-corrected chi connectivity index (χ3v) is 3.62. The molecule has 0 aliphatic heterocycles. The van der Waals surface area contributed by atoms with Crippen molar-refractivity contribution in [2.75, 3.05) is 0 Å². The third-order valence-electron chi connectivity index (χ3n) is 2.62. The molecule has 0 aromatic heterocycles. The second-order valence-electron chi connectivity index (χ2n) is 4.46. The minimum Gasteiger partial charge on any atom is -0.294 e. The van der Waals surface area contributed by atoms with Crippen LogP contribution in [0.25, 0.3) is 0 Å². The van der Waals surface area contributed by atoms with Gasteiger partial charge in [0.05, 0.1) is 0 Å². The Hall–Kier alpha value is -1.54. The first-order valence-corrected chi connectivity index (χ1v) is 6.85. The molecule has 0 saturated heterocycles. The van der Waals surface area contributed by atoms with Gasteiger partial charge in [-0.25, -0.2) is 0 Å². The Kier molecular flexibility index (Phi) is 4.21. The van der Waals surface area contributed by atoms with Crippen molar-refractivity contribution in [1.82, 2.24) is 0 Å². The maximum absolute atomic E-state index is 11.9. The molecule has 0 aliphatic carbocycles. The van der Waals surface area contributed by atoms with E-state index in [9.17, 15) is 4.79 Å². The smallest absolute Gasteiger partial charge is 0.165 e. The molecule has 0 radical (unpaired) electrons. The molecular weight excluding hydrogens is 240 g/mol. The molecular formula is C16H16OS. The fraction of sp³-hybridized carbons (Fsp3) is 0.188. The van der Waals surface area contributed by atoms with Crippen LogP contribution in [0.4, 0.5) is 0 Å². The standard InChI is InChI=1S/C16H16OS/c1-12(2)16(17)13-7-6-10-15(11-13)18-14-8-4-3-5-9-14/h3-12H,1-2H3. The number of carbonyl (C=O) groups excluding carboxylic acids is 1. The second kappa shape index (κ2) is 5.87. The summed E-state index contributed by atoms with van der Waals surface area (Å²) >= 11 is 1.68. The van der Waals surface area contributed by atoms with Crippen molar-refractivity contribution in [3.63, 3.8) is 0 Å². The highest BCUT2D eigenvalue weighted by Crippen LogP contribution is 2.28. The van der Waals surface area contributed by atoms with Crippen LogP contribution in [-0.4, -0.2) is 5.78 Å². The van der Waals surface area contributed by atoms with Crippen molar-refractivity contribution in [2.24, 2.45) is 5.92 Å². The van der Waals surface area contributed by atoms with Gasteiger partial charge in [-0.1, -0.05) is 55.9 Å². The highest BCUT2D eigenvalue weighted by atomic mass is 32.2. The molecule has 92 valence electrons. The van der Waals surface area contributed by atoms with E-state index in [1.54, 1.807) is 11.8 Å². The molecule has 0 fully saturated rings. The zero-order valence-electron chi connectivity index (χ0n) is 10.6. The van der Waals surface area contributed by atoms with Gasteiger partial charge in [0.15, 0.2) is 5.78 Å². The zero-order valence-corrected chi connectivity index (χ0v) is 11.4. The highest BCUT2D eigenvalue weighted by molar-refractivity contribution is 7.99. The molecule has 0 unspecified atom stereocenters. The lowest BCUT2D eigenvalue weighted by atomic mass is 10.0. The average Bonchev–Trinajstić information content (AvgIpc) is 2.39. The minimum atomic E-state index is 0.0435. The number of carbonyl (C=O) groups is 1. The van der Waals surface area contributed by atoms with Crippen molar-refractivity contribution < 1.29 is 4.79 Å². The molecule has 2 aromatic carbocycles. The van der Waals surface area contributed by atoms with Gasteiger partial charge in [-0.2, -0.15) is 0 Å². The van der Waals surface area contributed by atoms with E-state index in [1.165, 1.54) is 4.90 Å². The van der Waals surface area contributed by atoms with Gasteiger partial charge in [0.2, 0.25) is 0 Å². The summed E-state index contributed by atoms with van der Waals surface area (Å²) in [4.78, 5) is 14.2. The summed E-state index contributed by atoms with van der Waals surface area (Å²) in [5.74, 6) is 0.243. The first-order valence-electron chi connectivity index (χ1n) is 6.04. The summed E-state index contributed by atoms with van der Waals surface area (Å²) in [5, 5.41) is 0. The Bertz CT molecular complexity index is 532. The summed E-state index contributed by atoms with van der Waals surface area (Å²) in [5.41, 5.74) is 0.797. The lowest BCUT2D eigenvalue weighted by Gasteiger charge is -2.06. The Labute approximate surface area is 112 Å². The van der Waals surface area contributed by atoms with Crippen molar-refractivity contribution >= 4 is 17.5 Å². The normalized spacial score (nSPS) is 10.6. The Morgan fingerprint density at radius 3 is 2.28 bits per heavy atom. The van der Waals surface area contributed by atoms with Crippen LogP contribution in [0.3, 0.4) is 0 Å². The van der Waals surface area contributed by atoms with Crippen LogP contribution in [0.15, 0.2) is 64.4 Å². The highest BCUT2D eigenvalue weighted by Gasteiger charge is 2.10. The fourth-order valence-electron chi connectivity index (χ4n) is 1.67. The quantitative estimate of drug-likeness (QED) is 0.739. The summed E-state index contributed by atoms with van der Waals surface area (Å²) in [7, 11) is 0. The van der Waals surface area contributed by atoms with Gasteiger partial charge in [0.1, 0.15) is 0 Å². The molecule has 0 N–H and O–H groups in total. The second-order valence-corrected chi connectivity index (χ2v) is 5.61. The number of rotatable bonds is 4. The van der Waals surface area contributed by atoms with Gasteiger partial charge in [0, 0.05) is 21.3 Å². The van der Waals surface area contributed by atoms with E-state index in [2.05, 4.69) is 12.1 Å². The maximum Gasteiger partial charge on any atom is 0.165 e. The molecule has 2 heteroatoms. The molecule has 0 aliphatic rings. The Morgan fingerprint density at radius 2 is 1.61 bits per heavy atom. The molecule has 18 heavy (non-hydrogen) atoms. The zero-order chi connectivity index (χ0) is 13.0. The third kappa shape index (κ3) is 3.23. The molecule has 2 aromatic rings. The number of ketones is 1. The largest absolute Gasteiger partial charge is 0.294 e. The van der Waals surface area contributed by atoms with Crippen LogP contribution in [0.2, 0.25) is 0 Å². The molecule has 1 nitrogen and oxygen atoms in total. The van der Waals surface area contributed by atoms with Gasteiger partial charge in [0.25, 0.3) is 0 Å². The maximum atomic E-state index is 11.9. The van der Waals surface area contributed by atoms with Crippen LogP contribution in [0.1, 0.15) is 24.2 Å². The minimum absolute atomic E-state index is 0.0435. The molecule has 0 heterocycles. The molecule has 0 saturated carbocycles. The predicted octanol–water partition coefficient (Wildman–Crippen LogP) is 4.68. The van der Waals surface area contributed by atoms with Crippen molar-refractivity contribution in [3.8, 4) is 0 Å². The van der Waals surface area contributed by atoms with E-state index in [4.69, 9.17) is 0 Å². The lowest BCUT2D eigenvalue weighted by molar-refractivity contribution is 0.0939. The van der Waals surface area contributed by atoms with Crippen LogP contribution >= 0.6 is 11.8 Å². The molecule has 0 atom stereocenters. The van der Waals surface area contributed by atoms with E-state index in [-0.39, 0.29) is 11.7 Å². The number of hydrogen-bond acceptors (Lipinski definition) is 2. The van der Waals surface area contributed by atoms with Crippen molar-refractivity contribution in [2.45, 2.75) is 23.6 Å². The van der Waals surface area contributed by atoms with E-state index >= 15 is 0 Å². The monoisotopic (exact) mass is 256 g/mol. The van der Waals surface area contributed by atoms with Gasteiger partial charge >= 0.3 is 0 Å². The fourth-order valence-corrected chi connectivity index (χ4v) is 2.57. The van der Waals surface area contributed by atoms with Crippen LogP contribution < -0.4 is 0 Å². The van der Waals surface area contributed by atoms with Gasteiger partial charge in [-0.05, 0) is 24.3 Å². The summed E-state index contributed by atoms with van der Waals surface area (Å²) in [6.07, 6.45) is 0. The van der Waals surface area contributed by atoms with Crippen LogP contribution in [0.5, 0.6) is 0 Å².